The van der Waals surface area contributed by atoms with Crippen molar-refractivity contribution in [3.63, 3.8) is 0 Å². The van der Waals surface area contributed by atoms with E-state index < -0.39 is 0 Å². The molecule has 1 saturated carbocycles. The largest absolute Gasteiger partial charge is 0.331 e. The van der Waals surface area contributed by atoms with Crippen molar-refractivity contribution >= 4 is 42.3 Å². The highest BCUT2D eigenvalue weighted by molar-refractivity contribution is 6.30. The van der Waals surface area contributed by atoms with Gasteiger partial charge in [-0.3, -0.25) is 4.79 Å². The normalized spacial score (nSPS) is 24.6. The SMILES string of the molecule is Cl.Cl.NC[C@]1(c2cccc(Cl)c2)CC[C@H](N2CCn3ncnc3C2=O)CC1. The summed E-state index contributed by atoms with van der Waals surface area (Å²) in [5.74, 6) is 0.452. The van der Waals surface area contributed by atoms with Crippen LogP contribution in [0, 0.1) is 0 Å². The van der Waals surface area contributed by atoms with Crippen LogP contribution in [0.25, 0.3) is 0 Å². The Kier molecular flexibility index (Phi) is 7.14. The van der Waals surface area contributed by atoms with E-state index in [4.69, 9.17) is 17.3 Å². The summed E-state index contributed by atoms with van der Waals surface area (Å²) in [6, 6.07) is 8.28. The van der Waals surface area contributed by atoms with E-state index in [1.54, 1.807) is 4.68 Å². The van der Waals surface area contributed by atoms with Gasteiger partial charge in [-0.1, -0.05) is 23.7 Å². The highest BCUT2D eigenvalue weighted by Crippen LogP contribution is 2.41. The lowest BCUT2D eigenvalue weighted by atomic mass is 9.68. The Bertz CT molecular complexity index is 789. The number of aromatic nitrogens is 3. The standard InChI is InChI=1S/C18H22ClN5O.2ClH/c19-14-3-1-2-13(10-14)18(11-20)6-4-15(5-7-18)23-8-9-24-16(17(23)25)21-12-22-24;;/h1-3,10,12,15H,4-9,11,20H2;2*1H/t15-,18-;;. The van der Waals surface area contributed by atoms with Crippen molar-refractivity contribution in [3.8, 4) is 0 Å². The van der Waals surface area contributed by atoms with E-state index in [1.807, 2.05) is 23.1 Å². The molecule has 148 valence electrons. The molecule has 6 nitrogen and oxygen atoms in total. The molecule has 0 bridgehead atoms. The first-order chi connectivity index (χ1) is 12.1. The van der Waals surface area contributed by atoms with Crippen LogP contribution in [0.3, 0.4) is 0 Å². The molecule has 0 atom stereocenters. The Hall–Kier alpha value is -1.34. The number of halogens is 3. The fraction of sp³-hybridized carbons (Fsp3) is 0.500. The van der Waals surface area contributed by atoms with Crippen molar-refractivity contribution < 1.29 is 4.79 Å². The topological polar surface area (TPSA) is 77.0 Å². The van der Waals surface area contributed by atoms with Crippen LogP contribution in [0.4, 0.5) is 0 Å². The predicted octanol–water partition coefficient (Wildman–Crippen LogP) is 3.07. The van der Waals surface area contributed by atoms with Gasteiger partial charge in [0.1, 0.15) is 6.33 Å². The molecule has 2 aromatic rings. The number of rotatable bonds is 3. The first kappa shape index (κ1) is 22.0. The summed E-state index contributed by atoms with van der Waals surface area (Å²) in [5.41, 5.74) is 7.35. The van der Waals surface area contributed by atoms with E-state index >= 15 is 0 Å². The maximum atomic E-state index is 12.7. The fourth-order valence-corrected chi connectivity index (χ4v) is 4.46. The smallest absolute Gasteiger partial charge is 0.291 e. The molecular weight excluding hydrogens is 409 g/mol. The van der Waals surface area contributed by atoms with Crippen LogP contribution in [0.15, 0.2) is 30.6 Å². The molecule has 0 spiro atoms. The quantitative estimate of drug-likeness (QED) is 0.808. The van der Waals surface area contributed by atoms with E-state index in [0.717, 1.165) is 30.7 Å². The fourth-order valence-electron chi connectivity index (χ4n) is 4.27. The lowest BCUT2D eigenvalue weighted by Gasteiger charge is -2.44. The second kappa shape index (κ2) is 8.78. The van der Waals surface area contributed by atoms with Crippen LogP contribution in [0.1, 0.15) is 41.9 Å². The number of fused-ring (bicyclic) bond motifs is 1. The van der Waals surface area contributed by atoms with Gasteiger partial charge in [-0.2, -0.15) is 5.10 Å². The van der Waals surface area contributed by atoms with Gasteiger partial charge in [-0.05, 0) is 43.4 Å². The van der Waals surface area contributed by atoms with Crippen molar-refractivity contribution in [2.75, 3.05) is 13.1 Å². The van der Waals surface area contributed by atoms with E-state index in [1.165, 1.54) is 11.9 Å². The van der Waals surface area contributed by atoms with Gasteiger partial charge in [0.15, 0.2) is 0 Å². The van der Waals surface area contributed by atoms with Crippen LogP contribution in [-0.4, -0.2) is 44.7 Å². The van der Waals surface area contributed by atoms with Gasteiger partial charge >= 0.3 is 0 Å². The number of amides is 1. The highest BCUT2D eigenvalue weighted by atomic mass is 35.5. The van der Waals surface area contributed by atoms with Gasteiger partial charge in [0.25, 0.3) is 5.91 Å². The monoisotopic (exact) mass is 431 g/mol. The zero-order valence-electron chi connectivity index (χ0n) is 14.9. The molecule has 0 unspecified atom stereocenters. The summed E-state index contributed by atoms with van der Waals surface area (Å²) in [5, 5.41) is 4.85. The van der Waals surface area contributed by atoms with Gasteiger partial charge in [0.2, 0.25) is 5.82 Å². The van der Waals surface area contributed by atoms with E-state index in [9.17, 15) is 4.79 Å². The third kappa shape index (κ3) is 3.94. The summed E-state index contributed by atoms with van der Waals surface area (Å²) in [7, 11) is 0. The first-order valence-electron chi connectivity index (χ1n) is 8.78. The molecule has 1 fully saturated rings. The highest BCUT2D eigenvalue weighted by Gasteiger charge is 2.40. The zero-order chi connectivity index (χ0) is 17.4. The van der Waals surface area contributed by atoms with Gasteiger partial charge in [-0.25, -0.2) is 9.67 Å². The molecule has 2 aliphatic rings. The minimum Gasteiger partial charge on any atom is -0.331 e. The molecule has 0 saturated heterocycles. The Morgan fingerprint density at radius 1 is 1.22 bits per heavy atom. The van der Waals surface area contributed by atoms with Crippen molar-refractivity contribution in [1.29, 1.82) is 0 Å². The summed E-state index contributed by atoms with van der Waals surface area (Å²) in [6.45, 7) is 2.02. The molecule has 9 heteroatoms. The average Bonchev–Trinajstić information content (AvgIpc) is 3.12. The predicted molar refractivity (Wildman–Crippen MR) is 110 cm³/mol. The van der Waals surface area contributed by atoms with Gasteiger partial charge in [0.05, 0.1) is 6.54 Å². The van der Waals surface area contributed by atoms with Crippen LogP contribution in [0.5, 0.6) is 0 Å². The summed E-state index contributed by atoms with van der Waals surface area (Å²) < 4.78 is 1.69. The van der Waals surface area contributed by atoms with Crippen molar-refractivity contribution in [3.05, 3.63) is 47.0 Å². The molecule has 1 aliphatic heterocycles. The Balaban J connectivity index is 0.00000131. The molecule has 2 heterocycles. The second-order valence-electron chi connectivity index (χ2n) is 7.03. The van der Waals surface area contributed by atoms with Crippen LogP contribution in [0.2, 0.25) is 5.02 Å². The van der Waals surface area contributed by atoms with Crippen molar-refractivity contribution in [2.24, 2.45) is 5.73 Å². The number of carbonyl (C=O) groups excluding carboxylic acids is 1. The van der Waals surface area contributed by atoms with Crippen LogP contribution >= 0.6 is 36.4 Å². The minimum absolute atomic E-state index is 0. The lowest BCUT2D eigenvalue weighted by Crippen LogP contribution is -2.51. The number of hydrogen-bond acceptors (Lipinski definition) is 4. The average molecular weight is 433 g/mol. The van der Waals surface area contributed by atoms with Gasteiger partial charge < -0.3 is 10.6 Å². The molecule has 1 aromatic carbocycles. The summed E-state index contributed by atoms with van der Waals surface area (Å²) in [4.78, 5) is 18.8. The van der Waals surface area contributed by atoms with E-state index in [2.05, 4.69) is 16.1 Å². The molecule has 2 N–H and O–H groups in total. The number of nitrogens with two attached hydrogens (primary N) is 1. The molecule has 0 radical (unpaired) electrons. The summed E-state index contributed by atoms with van der Waals surface area (Å²) >= 11 is 6.18. The molecular formula is C18H24Cl3N5O. The zero-order valence-corrected chi connectivity index (χ0v) is 17.3. The Labute approximate surface area is 176 Å². The third-order valence-electron chi connectivity index (χ3n) is 5.80. The number of nitrogens with zero attached hydrogens (tertiary/aromatic N) is 4. The van der Waals surface area contributed by atoms with Crippen LogP contribution < -0.4 is 5.73 Å². The minimum atomic E-state index is -0.0414. The number of carbonyl (C=O) groups is 1. The van der Waals surface area contributed by atoms with E-state index in [-0.39, 0.29) is 42.2 Å². The molecule has 27 heavy (non-hydrogen) atoms. The van der Waals surface area contributed by atoms with Crippen molar-refractivity contribution in [2.45, 2.75) is 43.7 Å². The summed E-state index contributed by atoms with van der Waals surface area (Å²) in [6.07, 6.45) is 5.28. The van der Waals surface area contributed by atoms with Gasteiger partial charge in [-0.15, -0.1) is 24.8 Å². The third-order valence-corrected chi connectivity index (χ3v) is 6.04. The van der Waals surface area contributed by atoms with Crippen molar-refractivity contribution in [1.82, 2.24) is 19.7 Å². The first-order valence-corrected chi connectivity index (χ1v) is 9.16. The maximum Gasteiger partial charge on any atom is 0.291 e. The molecule has 1 aliphatic carbocycles. The van der Waals surface area contributed by atoms with Crippen LogP contribution in [-0.2, 0) is 12.0 Å². The van der Waals surface area contributed by atoms with E-state index in [0.29, 0.717) is 25.5 Å². The van der Waals surface area contributed by atoms with Gasteiger partial charge in [0, 0.05) is 29.6 Å². The Morgan fingerprint density at radius 3 is 2.63 bits per heavy atom. The number of hydrogen-bond donors (Lipinski definition) is 1. The molecule has 1 aromatic heterocycles. The lowest BCUT2D eigenvalue weighted by molar-refractivity contribution is 0.0514. The maximum absolute atomic E-state index is 12.7. The Morgan fingerprint density at radius 2 is 1.96 bits per heavy atom. The number of benzene rings is 1. The molecule has 4 rings (SSSR count). The molecule has 1 amide bonds. The second-order valence-corrected chi connectivity index (χ2v) is 7.47.